The molecular weight excluding hydrogens is 196 g/mol. The van der Waals surface area contributed by atoms with Gasteiger partial charge in [0.1, 0.15) is 0 Å². The van der Waals surface area contributed by atoms with E-state index in [1.807, 2.05) is 0 Å². The van der Waals surface area contributed by atoms with Crippen LogP contribution in [0.25, 0.3) is 0 Å². The van der Waals surface area contributed by atoms with E-state index in [2.05, 4.69) is 49.9 Å². The Balaban J connectivity index is 2.62. The van der Waals surface area contributed by atoms with Crippen molar-refractivity contribution in [3.8, 4) is 0 Å². The van der Waals surface area contributed by atoms with Crippen LogP contribution in [0.3, 0.4) is 0 Å². The van der Waals surface area contributed by atoms with Gasteiger partial charge in [0.05, 0.1) is 0 Å². The van der Waals surface area contributed by atoms with Crippen LogP contribution in [-0.2, 0) is 13.0 Å². The lowest BCUT2D eigenvalue weighted by molar-refractivity contribution is 0.219. The van der Waals surface area contributed by atoms with E-state index in [1.165, 1.54) is 11.1 Å². The second kappa shape index (κ2) is 6.66. The van der Waals surface area contributed by atoms with Crippen LogP contribution in [0, 0.1) is 0 Å². The van der Waals surface area contributed by atoms with Crippen molar-refractivity contribution >= 4 is 0 Å². The van der Waals surface area contributed by atoms with Crippen LogP contribution in [0.2, 0.25) is 0 Å². The highest BCUT2D eigenvalue weighted by Gasteiger charge is 2.08. The molecule has 0 atom stereocenters. The lowest BCUT2D eigenvalue weighted by Crippen LogP contribution is -2.34. The molecule has 0 heterocycles. The molecule has 0 unspecified atom stereocenters. The first-order valence-electron chi connectivity index (χ1n) is 6.19. The van der Waals surface area contributed by atoms with E-state index in [0.29, 0.717) is 6.04 Å². The molecule has 2 heteroatoms. The summed E-state index contributed by atoms with van der Waals surface area (Å²) in [6.07, 6.45) is 1.11. The van der Waals surface area contributed by atoms with Crippen molar-refractivity contribution in [1.29, 1.82) is 0 Å². The van der Waals surface area contributed by atoms with Crippen LogP contribution < -0.4 is 5.73 Å². The van der Waals surface area contributed by atoms with E-state index in [9.17, 15) is 0 Å². The summed E-state index contributed by atoms with van der Waals surface area (Å²) in [5.41, 5.74) is 8.40. The van der Waals surface area contributed by atoms with Crippen molar-refractivity contribution in [1.82, 2.24) is 4.90 Å². The van der Waals surface area contributed by atoms with Gasteiger partial charge in [0.25, 0.3) is 0 Å². The first-order valence-corrected chi connectivity index (χ1v) is 6.19. The zero-order valence-electron chi connectivity index (χ0n) is 10.7. The quantitative estimate of drug-likeness (QED) is 0.797. The number of nitrogens with two attached hydrogens (primary N) is 1. The molecule has 2 nitrogen and oxygen atoms in total. The second-order valence-corrected chi connectivity index (χ2v) is 4.52. The standard InChI is InChI=1S/C14H24N2/c1-4-13-5-7-14(8-6-13)11-16(10-9-15)12(2)3/h5-8,12H,4,9-11,15H2,1-3H3. The predicted octanol–water partition coefficient (Wildman–Crippen LogP) is 2.42. The second-order valence-electron chi connectivity index (χ2n) is 4.52. The van der Waals surface area contributed by atoms with E-state index in [4.69, 9.17) is 5.73 Å². The maximum Gasteiger partial charge on any atom is 0.0236 e. The molecule has 0 aliphatic carbocycles. The molecule has 1 aromatic carbocycles. The number of hydrogen-bond acceptors (Lipinski definition) is 2. The topological polar surface area (TPSA) is 29.3 Å². The van der Waals surface area contributed by atoms with Crippen LogP contribution in [0.4, 0.5) is 0 Å². The van der Waals surface area contributed by atoms with Crippen molar-refractivity contribution in [2.45, 2.75) is 39.8 Å². The third-order valence-electron chi connectivity index (χ3n) is 2.96. The molecule has 16 heavy (non-hydrogen) atoms. The SMILES string of the molecule is CCc1ccc(CN(CCN)C(C)C)cc1. The van der Waals surface area contributed by atoms with Crippen LogP contribution in [-0.4, -0.2) is 24.0 Å². The minimum Gasteiger partial charge on any atom is -0.329 e. The van der Waals surface area contributed by atoms with Gasteiger partial charge in [-0.2, -0.15) is 0 Å². The molecule has 0 fully saturated rings. The number of hydrogen-bond donors (Lipinski definition) is 1. The fraction of sp³-hybridized carbons (Fsp3) is 0.571. The van der Waals surface area contributed by atoms with Crippen LogP contribution >= 0.6 is 0 Å². The monoisotopic (exact) mass is 220 g/mol. The fourth-order valence-electron chi connectivity index (χ4n) is 1.80. The molecule has 0 radical (unpaired) electrons. The van der Waals surface area contributed by atoms with E-state index in [-0.39, 0.29) is 0 Å². The van der Waals surface area contributed by atoms with Crippen molar-refractivity contribution in [3.63, 3.8) is 0 Å². The fourth-order valence-corrected chi connectivity index (χ4v) is 1.80. The predicted molar refractivity (Wildman–Crippen MR) is 70.4 cm³/mol. The Hall–Kier alpha value is -0.860. The molecule has 2 N–H and O–H groups in total. The van der Waals surface area contributed by atoms with Crippen molar-refractivity contribution < 1.29 is 0 Å². The third-order valence-corrected chi connectivity index (χ3v) is 2.96. The molecule has 0 aliphatic rings. The zero-order valence-corrected chi connectivity index (χ0v) is 10.7. The highest BCUT2D eigenvalue weighted by Crippen LogP contribution is 2.10. The Morgan fingerprint density at radius 3 is 2.12 bits per heavy atom. The zero-order chi connectivity index (χ0) is 12.0. The van der Waals surface area contributed by atoms with Gasteiger partial charge in [0, 0.05) is 25.7 Å². The average molecular weight is 220 g/mol. The number of aryl methyl sites for hydroxylation is 1. The largest absolute Gasteiger partial charge is 0.329 e. The number of nitrogens with zero attached hydrogens (tertiary/aromatic N) is 1. The summed E-state index contributed by atoms with van der Waals surface area (Å²) in [7, 11) is 0. The Kier molecular flexibility index (Phi) is 5.50. The molecule has 0 aromatic heterocycles. The Morgan fingerprint density at radius 2 is 1.69 bits per heavy atom. The summed E-state index contributed by atoms with van der Waals surface area (Å²) in [5.74, 6) is 0. The lowest BCUT2D eigenvalue weighted by atomic mass is 10.1. The van der Waals surface area contributed by atoms with Gasteiger partial charge in [-0.1, -0.05) is 31.2 Å². The molecule has 0 spiro atoms. The smallest absolute Gasteiger partial charge is 0.0236 e. The Labute approximate surface area is 99.5 Å². The highest BCUT2D eigenvalue weighted by atomic mass is 15.1. The maximum atomic E-state index is 5.62. The Morgan fingerprint density at radius 1 is 1.12 bits per heavy atom. The lowest BCUT2D eigenvalue weighted by Gasteiger charge is -2.25. The minimum atomic E-state index is 0.550. The minimum absolute atomic E-state index is 0.550. The number of rotatable bonds is 6. The van der Waals surface area contributed by atoms with Gasteiger partial charge in [-0.05, 0) is 31.4 Å². The molecule has 0 bridgehead atoms. The third kappa shape index (κ3) is 3.95. The molecule has 1 aromatic rings. The molecule has 0 amide bonds. The van der Waals surface area contributed by atoms with E-state index in [0.717, 1.165) is 26.1 Å². The first-order chi connectivity index (χ1) is 7.67. The van der Waals surface area contributed by atoms with Gasteiger partial charge in [0.15, 0.2) is 0 Å². The first kappa shape index (κ1) is 13.2. The average Bonchev–Trinajstić information content (AvgIpc) is 2.29. The van der Waals surface area contributed by atoms with Crippen LogP contribution in [0.5, 0.6) is 0 Å². The summed E-state index contributed by atoms with van der Waals surface area (Å²) in [6.45, 7) is 9.31. The molecular formula is C14H24N2. The normalized spacial score (nSPS) is 11.4. The summed E-state index contributed by atoms with van der Waals surface area (Å²) >= 11 is 0. The molecule has 90 valence electrons. The van der Waals surface area contributed by atoms with Crippen LogP contribution in [0.1, 0.15) is 31.9 Å². The van der Waals surface area contributed by atoms with E-state index in [1.54, 1.807) is 0 Å². The van der Waals surface area contributed by atoms with Gasteiger partial charge >= 0.3 is 0 Å². The van der Waals surface area contributed by atoms with Crippen molar-refractivity contribution in [2.24, 2.45) is 5.73 Å². The highest BCUT2D eigenvalue weighted by molar-refractivity contribution is 5.22. The van der Waals surface area contributed by atoms with Gasteiger partial charge < -0.3 is 5.73 Å². The van der Waals surface area contributed by atoms with Gasteiger partial charge in [-0.3, -0.25) is 4.90 Å². The molecule has 0 saturated heterocycles. The number of benzene rings is 1. The van der Waals surface area contributed by atoms with Crippen molar-refractivity contribution in [3.05, 3.63) is 35.4 Å². The molecule has 0 aliphatic heterocycles. The maximum absolute atomic E-state index is 5.62. The summed E-state index contributed by atoms with van der Waals surface area (Å²) < 4.78 is 0. The Bertz CT molecular complexity index is 290. The summed E-state index contributed by atoms with van der Waals surface area (Å²) in [5, 5.41) is 0. The van der Waals surface area contributed by atoms with Crippen LogP contribution in [0.15, 0.2) is 24.3 Å². The van der Waals surface area contributed by atoms with E-state index < -0.39 is 0 Å². The summed E-state index contributed by atoms with van der Waals surface area (Å²) in [6, 6.07) is 9.44. The summed E-state index contributed by atoms with van der Waals surface area (Å²) in [4.78, 5) is 2.40. The van der Waals surface area contributed by atoms with Crippen molar-refractivity contribution in [2.75, 3.05) is 13.1 Å². The van der Waals surface area contributed by atoms with Gasteiger partial charge in [0.2, 0.25) is 0 Å². The molecule has 0 saturated carbocycles. The van der Waals surface area contributed by atoms with E-state index >= 15 is 0 Å². The molecule has 1 rings (SSSR count). The van der Waals surface area contributed by atoms with Gasteiger partial charge in [-0.15, -0.1) is 0 Å². The van der Waals surface area contributed by atoms with Gasteiger partial charge in [-0.25, -0.2) is 0 Å².